The fourth-order valence-corrected chi connectivity index (χ4v) is 1.83. The highest BCUT2D eigenvalue weighted by Crippen LogP contribution is 2.13. The van der Waals surface area contributed by atoms with Crippen molar-refractivity contribution in [3.05, 3.63) is 47.8 Å². The third-order valence-electron chi connectivity index (χ3n) is 2.89. The lowest BCUT2D eigenvalue weighted by Crippen LogP contribution is -2.23. The van der Waals surface area contributed by atoms with Crippen molar-refractivity contribution < 1.29 is 9.50 Å². The van der Waals surface area contributed by atoms with E-state index in [1.807, 2.05) is 11.5 Å². The fraction of sp³-hybridized carbons (Fsp3) is 0.385. The molecule has 5 nitrogen and oxygen atoms in total. The molecule has 1 atom stereocenters. The average molecular weight is 264 g/mol. The van der Waals surface area contributed by atoms with Crippen LogP contribution in [0.25, 0.3) is 0 Å². The molecule has 0 aliphatic carbocycles. The molecule has 102 valence electrons. The van der Waals surface area contributed by atoms with Gasteiger partial charge in [0.15, 0.2) is 0 Å². The van der Waals surface area contributed by atoms with Crippen molar-refractivity contribution >= 4 is 0 Å². The molecule has 0 bridgehead atoms. The lowest BCUT2D eigenvalue weighted by atomic mass is 10.1. The number of hydrogen-bond donors (Lipinski definition) is 2. The maximum Gasteiger partial charge on any atom is 0.146 e. The number of aliphatic hydroxyl groups is 1. The van der Waals surface area contributed by atoms with Crippen LogP contribution in [0.4, 0.5) is 4.39 Å². The summed E-state index contributed by atoms with van der Waals surface area (Å²) >= 11 is 0. The topological polar surface area (TPSA) is 63.0 Å². The quantitative estimate of drug-likeness (QED) is 0.824. The molecule has 6 heteroatoms. The minimum absolute atomic E-state index is 0.333. The Hall–Kier alpha value is -1.79. The van der Waals surface area contributed by atoms with Gasteiger partial charge in [-0.3, -0.25) is 0 Å². The first kappa shape index (κ1) is 13.6. The number of aryl methyl sites for hydroxylation is 1. The summed E-state index contributed by atoms with van der Waals surface area (Å²) in [7, 11) is 0. The molecule has 1 unspecified atom stereocenters. The van der Waals surface area contributed by atoms with Crippen LogP contribution >= 0.6 is 0 Å². The molecule has 0 saturated heterocycles. The Balaban J connectivity index is 1.86. The molecular formula is C13H17FN4O. The summed E-state index contributed by atoms with van der Waals surface area (Å²) in [6.45, 7) is 3.66. The van der Waals surface area contributed by atoms with E-state index in [0.717, 1.165) is 12.4 Å². The summed E-state index contributed by atoms with van der Waals surface area (Å²) < 4.78 is 14.9. The summed E-state index contributed by atoms with van der Waals surface area (Å²) in [5.41, 5.74) is 0.560. The number of benzene rings is 1. The van der Waals surface area contributed by atoms with Gasteiger partial charge in [0, 0.05) is 13.1 Å². The van der Waals surface area contributed by atoms with E-state index >= 15 is 0 Å². The number of nitrogens with one attached hydrogen (secondary N) is 1. The van der Waals surface area contributed by atoms with Gasteiger partial charge in [-0.25, -0.2) is 4.39 Å². The smallest absolute Gasteiger partial charge is 0.146 e. The highest BCUT2D eigenvalue weighted by atomic mass is 19.1. The number of nitrogens with zero attached hydrogens (tertiary/aromatic N) is 3. The number of hydrogen-bond acceptors (Lipinski definition) is 4. The van der Waals surface area contributed by atoms with Crippen molar-refractivity contribution in [3.8, 4) is 0 Å². The van der Waals surface area contributed by atoms with Crippen molar-refractivity contribution in [2.24, 2.45) is 0 Å². The van der Waals surface area contributed by atoms with Crippen LogP contribution in [0.3, 0.4) is 0 Å². The van der Waals surface area contributed by atoms with Gasteiger partial charge in [-0.2, -0.15) is 0 Å². The molecule has 0 spiro atoms. The van der Waals surface area contributed by atoms with Gasteiger partial charge in [0.1, 0.15) is 18.0 Å². The van der Waals surface area contributed by atoms with Gasteiger partial charge in [-0.05, 0) is 24.6 Å². The highest BCUT2D eigenvalue weighted by molar-refractivity contribution is 5.18. The summed E-state index contributed by atoms with van der Waals surface area (Å²) in [5.74, 6) is 0.469. The molecule has 0 aliphatic rings. The second-order valence-corrected chi connectivity index (χ2v) is 4.23. The van der Waals surface area contributed by atoms with Crippen LogP contribution in [0.5, 0.6) is 0 Å². The van der Waals surface area contributed by atoms with Crippen LogP contribution in [0.15, 0.2) is 30.6 Å². The third kappa shape index (κ3) is 3.59. The first-order valence-electron chi connectivity index (χ1n) is 6.21. The van der Waals surface area contributed by atoms with Crippen LogP contribution in [0.2, 0.25) is 0 Å². The summed E-state index contributed by atoms with van der Waals surface area (Å²) in [4.78, 5) is 0. The molecule has 0 saturated carbocycles. The van der Waals surface area contributed by atoms with E-state index in [9.17, 15) is 9.50 Å². The minimum Gasteiger partial charge on any atom is -0.387 e. The first-order valence-corrected chi connectivity index (χ1v) is 6.21. The third-order valence-corrected chi connectivity index (χ3v) is 2.89. The van der Waals surface area contributed by atoms with Crippen LogP contribution in [0, 0.1) is 5.82 Å². The Labute approximate surface area is 111 Å². The maximum atomic E-state index is 13.0. The highest BCUT2D eigenvalue weighted by Gasteiger charge is 2.09. The van der Waals surface area contributed by atoms with Crippen LogP contribution in [-0.2, 0) is 13.1 Å². The number of rotatable bonds is 6. The van der Waals surface area contributed by atoms with Gasteiger partial charge >= 0.3 is 0 Å². The van der Waals surface area contributed by atoms with Crippen molar-refractivity contribution in [2.45, 2.75) is 26.1 Å². The van der Waals surface area contributed by atoms with Gasteiger partial charge in [0.2, 0.25) is 0 Å². The zero-order chi connectivity index (χ0) is 13.7. The van der Waals surface area contributed by atoms with Crippen molar-refractivity contribution in [2.75, 3.05) is 6.54 Å². The predicted octanol–water partition coefficient (Wildman–Crippen LogP) is 1.26. The summed E-state index contributed by atoms with van der Waals surface area (Å²) in [6.07, 6.45) is 0.925. The van der Waals surface area contributed by atoms with E-state index in [4.69, 9.17) is 0 Å². The molecule has 19 heavy (non-hydrogen) atoms. The summed E-state index contributed by atoms with van der Waals surface area (Å²) in [6, 6.07) is 5.97. The largest absolute Gasteiger partial charge is 0.387 e. The van der Waals surface area contributed by atoms with Crippen LogP contribution in [0.1, 0.15) is 24.4 Å². The Bertz CT molecular complexity index is 529. The lowest BCUT2D eigenvalue weighted by Gasteiger charge is -2.12. The van der Waals surface area contributed by atoms with E-state index in [0.29, 0.717) is 18.7 Å². The van der Waals surface area contributed by atoms with E-state index in [2.05, 4.69) is 15.5 Å². The Morgan fingerprint density at radius 3 is 3.05 bits per heavy atom. The molecule has 1 aromatic heterocycles. The van der Waals surface area contributed by atoms with Crippen molar-refractivity contribution in [1.29, 1.82) is 0 Å². The molecule has 0 aliphatic heterocycles. The first-order chi connectivity index (χ1) is 9.20. The molecule has 0 radical (unpaired) electrons. The van der Waals surface area contributed by atoms with E-state index in [1.165, 1.54) is 12.1 Å². The molecule has 2 aromatic rings. The van der Waals surface area contributed by atoms with E-state index in [-0.39, 0.29) is 5.82 Å². The van der Waals surface area contributed by atoms with Gasteiger partial charge < -0.3 is 15.0 Å². The van der Waals surface area contributed by atoms with Gasteiger partial charge in [-0.15, -0.1) is 10.2 Å². The SMILES string of the molecule is CCn1cnnc1CNCC(O)c1cccc(F)c1. The predicted molar refractivity (Wildman–Crippen MR) is 68.8 cm³/mol. The Morgan fingerprint density at radius 2 is 2.32 bits per heavy atom. The summed E-state index contributed by atoms with van der Waals surface area (Å²) in [5, 5.41) is 20.8. The Kier molecular flexibility index (Phi) is 4.59. The number of aliphatic hydroxyl groups excluding tert-OH is 1. The van der Waals surface area contributed by atoms with Crippen molar-refractivity contribution in [3.63, 3.8) is 0 Å². The standard InChI is InChI=1S/C13H17FN4O/c1-2-18-9-16-17-13(18)8-15-7-12(19)10-4-3-5-11(14)6-10/h3-6,9,12,15,19H,2,7-8H2,1H3. The number of aromatic nitrogens is 3. The van der Waals surface area contributed by atoms with Gasteiger partial charge in [0.05, 0.1) is 12.6 Å². The minimum atomic E-state index is -0.742. The molecular weight excluding hydrogens is 247 g/mol. The van der Waals surface area contributed by atoms with Crippen LogP contribution in [-0.4, -0.2) is 26.4 Å². The average Bonchev–Trinajstić information content (AvgIpc) is 2.86. The second kappa shape index (κ2) is 6.40. The Morgan fingerprint density at radius 1 is 1.47 bits per heavy atom. The van der Waals surface area contributed by atoms with E-state index < -0.39 is 6.10 Å². The molecule has 0 amide bonds. The van der Waals surface area contributed by atoms with Crippen LogP contribution < -0.4 is 5.32 Å². The second-order valence-electron chi connectivity index (χ2n) is 4.23. The van der Waals surface area contributed by atoms with Gasteiger partial charge in [-0.1, -0.05) is 12.1 Å². The fourth-order valence-electron chi connectivity index (χ4n) is 1.83. The monoisotopic (exact) mass is 264 g/mol. The molecule has 1 aromatic carbocycles. The normalized spacial score (nSPS) is 12.6. The van der Waals surface area contributed by atoms with Gasteiger partial charge in [0.25, 0.3) is 0 Å². The zero-order valence-electron chi connectivity index (χ0n) is 10.8. The molecule has 2 N–H and O–H groups in total. The maximum absolute atomic E-state index is 13.0. The molecule has 0 fully saturated rings. The molecule has 1 heterocycles. The van der Waals surface area contributed by atoms with E-state index in [1.54, 1.807) is 18.5 Å². The number of halogens is 1. The zero-order valence-corrected chi connectivity index (χ0v) is 10.8. The molecule has 2 rings (SSSR count). The van der Waals surface area contributed by atoms with Crippen molar-refractivity contribution in [1.82, 2.24) is 20.1 Å². The lowest BCUT2D eigenvalue weighted by molar-refractivity contribution is 0.173.